The normalized spacial score (nSPS) is 11.8. The number of methoxy groups -OCH3 is 2. The molecule has 0 aliphatic carbocycles. The molecule has 0 atom stereocenters. The Morgan fingerprint density at radius 3 is 2.40 bits per heavy atom. The first-order valence-corrected chi connectivity index (χ1v) is 13.2. The number of hydrogen-bond acceptors (Lipinski definition) is 8. The Labute approximate surface area is 233 Å². The lowest BCUT2D eigenvalue weighted by Crippen LogP contribution is -2.24. The van der Waals surface area contributed by atoms with Crippen LogP contribution in [-0.4, -0.2) is 56.7 Å². The molecule has 0 fully saturated rings. The van der Waals surface area contributed by atoms with Crippen molar-refractivity contribution in [2.75, 3.05) is 33.9 Å². The molecule has 1 amide bonds. The standard InChI is InChI=1S/C27H30F3N3O6S/c1-4-38-24(34)12-14-31-13-5-15-33-22(18-6-8-19(9-7-18)39-27(28,29)30)17-40-26(33)32-25(35)21-11-10-20(36-2)16-23(21)37-3/h6-11,16-17,31H,4-5,12-15H2,1-3H3. The Morgan fingerprint density at radius 1 is 1.02 bits per heavy atom. The molecule has 0 saturated heterocycles. The van der Waals surface area contributed by atoms with Crippen molar-refractivity contribution >= 4 is 23.2 Å². The molecule has 3 rings (SSSR count). The van der Waals surface area contributed by atoms with Gasteiger partial charge in [-0.1, -0.05) is 0 Å². The number of carbonyl (C=O) groups excluding carboxylic acids is 2. The third kappa shape index (κ3) is 8.85. The first-order valence-electron chi connectivity index (χ1n) is 12.4. The van der Waals surface area contributed by atoms with Crippen LogP contribution >= 0.6 is 11.3 Å². The van der Waals surface area contributed by atoms with Crippen molar-refractivity contribution in [3.63, 3.8) is 0 Å². The molecule has 1 N–H and O–H groups in total. The minimum Gasteiger partial charge on any atom is -0.497 e. The largest absolute Gasteiger partial charge is 0.573 e. The van der Waals surface area contributed by atoms with E-state index in [1.54, 1.807) is 30.5 Å². The summed E-state index contributed by atoms with van der Waals surface area (Å²) in [6, 6.07) is 10.3. The molecule has 0 saturated carbocycles. The van der Waals surface area contributed by atoms with Gasteiger partial charge in [0.05, 0.1) is 38.5 Å². The van der Waals surface area contributed by atoms with Crippen LogP contribution in [0.4, 0.5) is 13.2 Å². The molecule has 0 bridgehead atoms. The fourth-order valence-corrected chi connectivity index (χ4v) is 4.66. The highest BCUT2D eigenvalue weighted by atomic mass is 32.1. The van der Waals surface area contributed by atoms with Gasteiger partial charge in [-0.2, -0.15) is 4.99 Å². The lowest BCUT2D eigenvalue weighted by Gasteiger charge is -2.12. The fraction of sp³-hybridized carbons (Fsp3) is 0.370. The number of carbonyl (C=O) groups is 2. The summed E-state index contributed by atoms with van der Waals surface area (Å²) in [6.45, 7) is 3.54. The van der Waals surface area contributed by atoms with Gasteiger partial charge in [-0.25, -0.2) is 0 Å². The van der Waals surface area contributed by atoms with E-state index in [0.717, 1.165) is 0 Å². The minimum atomic E-state index is -4.79. The smallest absolute Gasteiger partial charge is 0.497 e. The number of hydrogen-bond donors (Lipinski definition) is 1. The molecule has 40 heavy (non-hydrogen) atoms. The van der Waals surface area contributed by atoms with Gasteiger partial charge in [-0.05, 0) is 61.9 Å². The van der Waals surface area contributed by atoms with E-state index >= 15 is 0 Å². The molecule has 9 nitrogen and oxygen atoms in total. The van der Waals surface area contributed by atoms with Gasteiger partial charge in [0.15, 0.2) is 4.80 Å². The van der Waals surface area contributed by atoms with Crippen LogP contribution in [0.15, 0.2) is 52.8 Å². The van der Waals surface area contributed by atoms with Gasteiger partial charge in [0, 0.05) is 24.5 Å². The van der Waals surface area contributed by atoms with E-state index in [9.17, 15) is 22.8 Å². The fourth-order valence-electron chi connectivity index (χ4n) is 3.73. The number of thiazole rings is 1. The summed E-state index contributed by atoms with van der Waals surface area (Å²) in [5, 5.41) is 4.96. The first kappa shape index (κ1) is 30.7. The topological polar surface area (TPSA) is 100 Å². The van der Waals surface area contributed by atoms with E-state index in [0.29, 0.717) is 60.2 Å². The number of halogens is 3. The zero-order valence-electron chi connectivity index (χ0n) is 22.2. The van der Waals surface area contributed by atoms with Crippen LogP contribution in [0.3, 0.4) is 0 Å². The van der Waals surface area contributed by atoms with E-state index in [-0.39, 0.29) is 23.7 Å². The van der Waals surface area contributed by atoms with Crippen molar-refractivity contribution in [2.45, 2.75) is 32.7 Å². The van der Waals surface area contributed by atoms with Crippen LogP contribution in [0.25, 0.3) is 11.3 Å². The maximum Gasteiger partial charge on any atom is 0.573 e. The molecule has 216 valence electrons. The van der Waals surface area contributed by atoms with Gasteiger partial charge in [0.1, 0.15) is 17.2 Å². The number of aromatic nitrogens is 1. The van der Waals surface area contributed by atoms with Crippen LogP contribution in [0.5, 0.6) is 17.2 Å². The summed E-state index contributed by atoms with van der Waals surface area (Å²) >= 11 is 1.22. The average molecular weight is 582 g/mol. The summed E-state index contributed by atoms with van der Waals surface area (Å²) in [6.07, 6.45) is -3.93. The molecule has 0 spiro atoms. The Hall–Kier alpha value is -3.84. The van der Waals surface area contributed by atoms with Crippen molar-refractivity contribution in [1.82, 2.24) is 9.88 Å². The van der Waals surface area contributed by atoms with Crippen molar-refractivity contribution in [1.29, 1.82) is 0 Å². The maximum atomic E-state index is 13.1. The summed E-state index contributed by atoms with van der Waals surface area (Å²) in [4.78, 5) is 29.4. The number of ether oxygens (including phenoxy) is 4. The monoisotopic (exact) mass is 581 g/mol. The number of amides is 1. The third-order valence-electron chi connectivity index (χ3n) is 5.56. The van der Waals surface area contributed by atoms with E-state index in [1.165, 1.54) is 49.8 Å². The molecule has 0 radical (unpaired) electrons. The summed E-state index contributed by atoms with van der Waals surface area (Å²) in [7, 11) is 2.94. The number of rotatable bonds is 13. The molecule has 1 heterocycles. The van der Waals surface area contributed by atoms with Crippen molar-refractivity contribution in [3.8, 4) is 28.5 Å². The SMILES string of the molecule is CCOC(=O)CCNCCCn1c(-c2ccc(OC(F)(F)F)cc2)csc1=NC(=O)c1ccc(OC)cc1OC. The number of benzene rings is 2. The second-order valence-corrected chi connectivity index (χ2v) is 9.11. The molecule has 2 aromatic carbocycles. The van der Waals surface area contributed by atoms with Crippen LogP contribution in [0, 0.1) is 0 Å². The van der Waals surface area contributed by atoms with Gasteiger partial charge < -0.3 is 28.8 Å². The Bertz CT molecular complexity index is 1350. The number of alkyl halides is 3. The molecule has 0 unspecified atom stereocenters. The molecule has 0 aliphatic heterocycles. The highest BCUT2D eigenvalue weighted by Crippen LogP contribution is 2.28. The van der Waals surface area contributed by atoms with Crippen LogP contribution in [-0.2, 0) is 16.1 Å². The van der Waals surface area contributed by atoms with Crippen LogP contribution < -0.4 is 24.3 Å². The molecule has 1 aromatic heterocycles. The minimum absolute atomic E-state index is 0.246. The second-order valence-electron chi connectivity index (χ2n) is 8.27. The Morgan fingerprint density at radius 2 is 1.75 bits per heavy atom. The van der Waals surface area contributed by atoms with E-state index in [4.69, 9.17) is 14.2 Å². The quantitative estimate of drug-likeness (QED) is 0.229. The molecule has 13 heteroatoms. The maximum absolute atomic E-state index is 13.1. The zero-order chi connectivity index (χ0) is 29.1. The summed E-state index contributed by atoms with van der Waals surface area (Å²) < 4.78 is 59.0. The average Bonchev–Trinajstić information content (AvgIpc) is 3.31. The van der Waals surface area contributed by atoms with Crippen LogP contribution in [0.2, 0.25) is 0 Å². The third-order valence-corrected chi connectivity index (χ3v) is 6.43. The Balaban J connectivity index is 1.86. The van der Waals surface area contributed by atoms with Crippen molar-refractivity contribution < 1.29 is 41.7 Å². The predicted molar refractivity (Wildman–Crippen MR) is 143 cm³/mol. The lowest BCUT2D eigenvalue weighted by molar-refractivity contribution is -0.274. The summed E-state index contributed by atoms with van der Waals surface area (Å²) in [5.41, 5.74) is 1.54. The van der Waals surface area contributed by atoms with Gasteiger partial charge >= 0.3 is 12.3 Å². The van der Waals surface area contributed by atoms with Crippen molar-refractivity contribution in [3.05, 3.63) is 58.2 Å². The van der Waals surface area contributed by atoms with E-state index in [2.05, 4.69) is 15.0 Å². The highest BCUT2D eigenvalue weighted by Gasteiger charge is 2.31. The number of nitrogens with one attached hydrogen (secondary N) is 1. The molecular formula is C27H30F3N3O6S. The molecule has 3 aromatic rings. The van der Waals surface area contributed by atoms with Gasteiger partial charge in [0.2, 0.25) is 0 Å². The second kappa shape index (κ2) is 14.5. The molecule has 0 aliphatic rings. The van der Waals surface area contributed by atoms with Crippen molar-refractivity contribution in [2.24, 2.45) is 4.99 Å². The van der Waals surface area contributed by atoms with Gasteiger partial charge in [-0.3, -0.25) is 9.59 Å². The highest BCUT2D eigenvalue weighted by molar-refractivity contribution is 7.07. The van der Waals surface area contributed by atoms with Gasteiger partial charge in [-0.15, -0.1) is 24.5 Å². The molecular weight excluding hydrogens is 551 g/mol. The predicted octanol–water partition coefficient (Wildman–Crippen LogP) is 4.81. The van der Waals surface area contributed by atoms with Gasteiger partial charge in [0.25, 0.3) is 5.91 Å². The summed E-state index contributed by atoms with van der Waals surface area (Å²) in [5.74, 6) is -0.313. The first-order chi connectivity index (χ1) is 19.1. The van der Waals surface area contributed by atoms with Crippen LogP contribution in [0.1, 0.15) is 30.1 Å². The number of nitrogens with zero attached hydrogens (tertiary/aromatic N) is 2. The van der Waals surface area contributed by atoms with E-state index in [1.807, 2.05) is 4.57 Å². The Kier molecular flexibility index (Phi) is 11.1. The zero-order valence-corrected chi connectivity index (χ0v) is 23.1. The number of esters is 1. The lowest BCUT2D eigenvalue weighted by atomic mass is 10.1. The van der Waals surface area contributed by atoms with E-state index < -0.39 is 12.3 Å².